The van der Waals surface area contributed by atoms with Gasteiger partial charge in [0.05, 0.1) is 11.7 Å². The molecule has 0 saturated heterocycles. The molecule has 1 atom stereocenters. The van der Waals surface area contributed by atoms with Crippen molar-refractivity contribution in [3.63, 3.8) is 0 Å². The molecule has 0 fully saturated rings. The number of benzene rings is 1. The molecule has 1 unspecified atom stereocenters. The van der Waals surface area contributed by atoms with E-state index in [4.69, 9.17) is 11.6 Å². The first-order valence-corrected chi connectivity index (χ1v) is 5.56. The molecule has 2 aromatic rings. The summed E-state index contributed by atoms with van der Waals surface area (Å²) in [5, 5.41) is 11.0. The van der Waals surface area contributed by atoms with Crippen LogP contribution in [-0.4, -0.2) is 10.2 Å². The number of halogens is 1. The van der Waals surface area contributed by atoms with Gasteiger partial charge >= 0.3 is 0 Å². The Morgan fingerprint density at radius 1 is 1.38 bits per heavy atom. The highest BCUT2D eigenvalue weighted by atomic mass is 35.5. The third kappa shape index (κ3) is 2.36. The molecule has 0 amide bonds. The van der Waals surface area contributed by atoms with Crippen LogP contribution in [0.1, 0.15) is 24.2 Å². The van der Waals surface area contributed by atoms with Gasteiger partial charge in [-0.05, 0) is 37.6 Å². The summed E-state index contributed by atoms with van der Waals surface area (Å²) in [5.74, 6) is 0. The standard InChI is InChI=1S/C12H14ClN3/c1-8-3-4-10(13)7-12(8)15-9(2)11-5-6-14-16-11/h3-7,9,15H,1-2H3,(H,14,16). The maximum absolute atomic E-state index is 5.97. The smallest absolute Gasteiger partial charge is 0.0651 e. The molecule has 0 aliphatic rings. The van der Waals surface area contributed by atoms with Crippen LogP contribution in [-0.2, 0) is 0 Å². The predicted molar refractivity (Wildman–Crippen MR) is 66.8 cm³/mol. The predicted octanol–water partition coefficient (Wildman–Crippen LogP) is 3.54. The minimum Gasteiger partial charge on any atom is -0.377 e. The van der Waals surface area contributed by atoms with E-state index in [1.165, 1.54) is 5.56 Å². The molecular weight excluding hydrogens is 222 g/mol. The second-order valence-electron chi connectivity index (χ2n) is 3.84. The molecule has 84 valence electrons. The van der Waals surface area contributed by atoms with E-state index >= 15 is 0 Å². The van der Waals surface area contributed by atoms with Crippen molar-refractivity contribution in [2.24, 2.45) is 0 Å². The van der Waals surface area contributed by atoms with Crippen LogP contribution >= 0.6 is 11.6 Å². The van der Waals surface area contributed by atoms with Gasteiger partial charge in [0.15, 0.2) is 0 Å². The van der Waals surface area contributed by atoms with E-state index in [0.717, 1.165) is 16.4 Å². The van der Waals surface area contributed by atoms with E-state index in [1.807, 2.05) is 24.3 Å². The quantitative estimate of drug-likeness (QED) is 0.854. The maximum Gasteiger partial charge on any atom is 0.0651 e. The number of aromatic amines is 1. The van der Waals surface area contributed by atoms with Crippen molar-refractivity contribution in [2.45, 2.75) is 19.9 Å². The lowest BCUT2D eigenvalue weighted by Crippen LogP contribution is -2.08. The highest BCUT2D eigenvalue weighted by molar-refractivity contribution is 6.30. The molecule has 0 radical (unpaired) electrons. The Morgan fingerprint density at radius 2 is 2.19 bits per heavy atom. The van der Waals surface area contributed by atoms with Crippen molar-refractivity contribution in [3.05, 3.63) is 46.7 Å². The highest BCUT2D eigenvalue weighted by Crippen LogP contribution is 2.24. The van der Waals surface area contributed by atoms with E-state index in [2.05, 4.69) is 29.4 Å². The van der Waals surface area contributed by atoms with Gasteiger partial charge in [0, 0.05) is 16.9 Å². The molecule has 1 aromatic heterocycles. The minimum absolute atomic E-state index is 0.180. The monoisotopic (exact) mass is 235 g/mol. The third-order valence-corrected chi connectivity index (χ3v) is 2.80. The molecule has 16 heavy (non-hydrogen) atoms. The van der Waals surface area contributed by atoms with Gasteiger partial charge in [0.25, 0.3) is 0 Å². The number of H-pyrrole nitrogens is 1. The fourth-order valence-corrected chi connectivity index (χ4v) is 1.74. The molecule has 0 aliphatic heterocycles. The van der Waals surface area contributed by atoms with Crippen molar-refractivity contribution in [1.82, 2.24) is 10.2 Å². The first kappa shape index (κ1) is 11.0. The highest BCUT2D eigenvalue weighted by Gasteiger charge is 2.08. The lowest BCUT2D eigenvalue weighted by atomic mass is 10.1. The van der Waals surface area contributed by atoms with Crippen LogP contribution < -0.4 is 5.32 Å². The van der Waals surface area contributed by atoms with Crippen LogP contribution in [0.25, 0.3) is 0 Å². The van der Waals surface area contributed by atoms with Crippen LogP contribution in [0, 0.1) is 6.92 Å². The molecule has 1 aromatic carbocycles. The zero-order chi connectivity index (χ0) is 11.5. The number of anilines is 1. The number of hydrogen-bond donors (Lipinski definition) is 2. The zero-order valence-electron chi connectivity index (χ0n) is 9.29. The van der Waals surface area contributed by atoms with Crippen LogP contribution in [0.4, 0.5) is 5.69 Å². The Morgan fingerprint density at radius 3 is 2.88 bits per heavy atom. The first-order chi connectivity index (χ1) is 7.66. The second kappa shape index (κ2) is 4.58. The number of aromatic nitrogens is 2. The Balaban J connectivity index is 2.17. The van der Waals surface area contributed by atoms with Crippen molar-refractivity contribution < 1.29 is 0 Å². The molecule has 3 nitrogen and oxygen atoms in total. The summed E-state index contributed by atoms with van der Waals surface area (Å²) in [6.45, 7) is 4.13. The average molecular weight is 236 g/mol. The maximum atomic E-state index is 5.97. The summed E-state index contributed by atoms with van der Waals surface area (Å²) in [7, 11) is 0. The van der Waals surface area contributed by atoms with Crippen molar-refractivity contribution in [2.75, 3.05) is 5.32 Å². The molecule has 2 rings (SSSR count). The molecule has 1 heterocycles. The van der Waals surface area contributed by atoms with E-state index in [-0.39, 0.29) is 6.04 Å². The third-order valence-electron chi connectivity index (χ3n) is 2.56. The van der Waals surface area contributed by atoms with E-state index in [1.54, 1.807) is 6.20 Å². The van der Waals surface area contributed by atoms with Crippen molar-refractivity contribution in [3.8, 4) is 0 Å². The largest absolute Gasteiger partial charge is 0.377 e. The summed E-state index contributed by atoms with van der Waals surface area (Å²) < 4.78 is 0. The average Bonchev–Trinajstić information content (AvgIpc) is 2.76. The first-order valence-electron chi connectivity index (χ1n) is 5.19. The van der Waals surface area contributed by atoms with Crippen LogP contribution in [0.15, 0.2) is 30.5 Å². The summed E-state index contributed by atoms with van der Waals surface area (Å²) >= 11 is 5.97. The normalized spacial score (nSPS) is 12.4. The summed E-state index contributed by atoms with van der Waals surface area (Å²) in [6.07, 6.45) is 1.75. The van der Waals surface area contributed by atoms with E-state index in [9.17, 15) is 0 Å². The number of nitrogens with zero attached hydrogens (tertiary/aromatic N) is 1. The van der Waals surface area contributed by atoms with Gasteiger partial charge in [-0.2, -0.15) is 5.10 Å². The fourth-order valence-electron chi connectivity index (χ4n) is 1.57. The van der Waals surface area contributed by atoms with Crippen LogP contribution in [0.5, 0.6) is 0 Å². The van der Waals surface area contributed by atoms with Gasteiger partial charge in [-0.25, -0.2) is 0 Å². The number of aryl methyl sites for hydroxylation is 1. The van der Waals surface area contributed by atoms with Crippen LogP contribution in [0.3, 0.4) is 0 Å². The van der Waals surface area contributed by atoms with E-state index in [0.29, 0.717) is 0 Å². The SMILES string of the molecule is Cc1ccc(Cl)cc1NC(C)c1ccn[nH]1. The Kier molecular flexibility index (Phi) is 3.15. The molecule has 0 spiro atoms. The van der Waals surface area contributed by atoms with Crippen LogP contribution in [0.2, 0.25) is 5.02 Å². The number of rotatable bonds is 3. The Bertz CT molecular complexity index is 465. The zero-order valence-corrected chi connectivity index (χ0v) is 10.0. The molecule has 0 bridgehead atoms. The van der Waals surface area contributed by atoms with Gasteiger partial charge in [0.2, 0.25) is 0 Å². The summed E-state index contributed by atoms with van der Waals surface area (Å²) in [5.41, 5.74) is 3.28. The van der Waals surface area contributed by atoms with Crippen molar-refractivity contribution in [1.29, 1.82) is 0 Å². The Hall–Kier alpha value is -1.48. The van der Waals surface area contributed by atoms with Gasteiger partial charge in [-0.1, -0.05) is 17.7 Å². The van der Waals surface area contributed by atoms with E-state index < -0.39 is 0 Å². The number of hydrogen-bond acceptors (Lipinski definition) is 2. The molecular formula is C12H14ClN3. The van der Waals surface area contributed by atoms with Crippen molar-refractivity contribution >= 4 is 17.3 Å². The van der Waals surface area contributed by atoms with Gasteiger partial charge in [-0.15, -0.1) is 0 Å². The van der Waals surface area contributed by atoms with Gasteiger partial charge in [0.1, 0.15) is 0 Å². The summed E-state index contributed by atoms with van der Waals surface area (Å²) in [4.78, 5) is 0. The molecule has 0 saturated carbocycles. The summed E-state index contributed by atoms with van der Waals surface area (Å²) in [6, 6.07) is 7.97. The molecule has 4 heteroatoms. The topological polar surface area (TPSA) is 40.7 Å². The molecule has 2 N–H and O–H groups in total. The second-order valence-corrected chi connectivity index (χ2v) is 4.27. The van der Waals surface area contributed by atoms with Gasteiger partial charge < -0.3 is 5.32 Å². The Labute approximate surface area is 99.8 Å². The fraction of sp³-hybridized carbons (Fsp3) is 0.250. The van der Waals surface area contributed by atoms with Gasteiger partial charge in [-0.3, -0.25) is 5.10 Å². The lowest BCUT2D eigenvalue weighted by Gasteiger charge is -2.15. The minimum atomic E-state index is 0.180. The molecule has 0 aliphatic carbocycles. The lowest BCUT2D eigenvalue weighted by molar-refractivity contribution is 0.824. The number of nitrogens with one attached hydrogen (secondary N) is 2.